The second kappa shape index (κ2) is 3.78. The molecule has 1 aliphatic rings. The first kappa shape index (κ1) is 10.7. The average Bonchev–Trinajstić information content (AvgIpc) is 2.09. The van der Waals surface area contributed by atoms with Crippen LogP contribution in [0.2, 0.25) is 0 Å². The zero-order chi connectivity index (χ0) is 10.1. The van der Waals surface area contributed by atoms with Crippen LogP contribution < -0.4 is 0 Å². The molecule has 13 heavy (non-hydrogen) atoms. The summed E-state index contributed by atoms with van der Waals surface area (Å²) in [6.45, 7) is 3.24. The predicted molar refractivity (Wildman–Crippen MR) is 50.2 cm³/mol. The van der Waals surface area contributed by atoms with Crippen molar-refractivity contribution < 1.29 is 15.3 Å². The standard InChI is InChI=1S/C10H18O3/c1-7-3-4-8(5-9(7)12)10(2,13)6-11/h3,8-9,11-13H,4-6H2,1-2H3. The first-order valence-electron chi connectivity index (χ1n) is 4.65. The summed E-state index contributed by atoms with van der Waals surface area (Å²) >= 11 is 0. The molecule has 0 fully saturated rings. The van der Waals surface area contributed by atoms with Crippen LogP contribution in [0.4, 0.5) is 0 Å². The molecule has 3 atom stereocenters. The number of hydrogen-bond acceptors (Lipinski definition) is 3. The van der Waals surface area contributed by atoms with Gasteiger partial charge in [0.15, 0.2) is 0 Å². The number of aliphatic hydroxyl groups excluding tert-OH is 2. The van der Waals surface area contributed by atoms with Crippen LogP contribution in [-0.2, 0) is 0 Å². The third kappa shape index (κ3) is 2.30. The molecule has 0 amide bonds. The Balaban J connectivity index is 2.67. The van der Waals surface area contributed by atoms with Crippen molar-refractivity contribution in [1.82, 2.24) is 0 Å². The molecule has 0 saturated heterocycles. The van der Waals surface area contributed by atoms with Gasteiger partial charge >= 0.3 is 0 Å². The number of allylic oxidation sites excluding steroid dienone is 1. The van der Waals surface area contributed by atoms with E-state index in [9.17, 15) is 10.2 Å². The first-order chi connectivity index (χ1) is 5.97. The van der Waals surface area contributed by atoms with Crippen LogP contribution >= 0.6 is 0 Å². The van der Waals surface area contributed by atoms with Crippen molar-refractivity contribution in [1.29, 1.82) is 0 Å². The highest BCUT2D eigenvalue weighted by atomic mass is 16.3. The fraction of sp³-hybridized carbons (Fsp3) is 0.800. The SMILES string of the molecule is CC1=CCC(C(C)(O)CO)CC1O. The molecular formula is C10H18O3. The van der Waals surface area contributed by atoms with Crippen LogP contribution in [0.25, 0.3) is 0 Å². The van der Waals surface area contributed by atoms with E-state index in [2.05, 4.69) is 0 Å². The summed E-state index contributed by atoms with van der Waals surface area (Å²) in [5, 5.41) is 28.3. The van der Waals surface area contributed by atoms with Gasteiger partial charge in [0.25, 0.3) is 0 Å². The molecule has 0 aromatic heterocycles. The van der Waals surface area contributed by atoms with Crippen LogP contribution in [0.5, 0.6) is 0 Å². The third-order valence-corrected chi connectivity index (χ3v) is 2.96. The summed E-state index contributed by atoms with van der Waals surface area (Å²) in [4.78, 5) is 0. The Kier molecular flexibility index (Phi) is 3.11. The minimum absolute atomic E-state index is 0.0452. The van der Waals surface area contributed by atoms with Crippen molar-refractivity contribution in [2.75, 3.05) is 6.61 Å². The molecule has 0 aliphatic heterocycles. The van der Waals surface area contributed by atoms with E-state index in [-0.39, 0.29) is 12.5 Å². The van der Waals surface area contributed by atoms with Crippen LogP contribution in [0.15, 0.2) is 11.6 Å². The van der Waals surface area contributed by atoms with Crippen LogP contribution in [0.1, 0.15) is 26.7 Å². The Hall–Kier alpha value is -0.380. The lowest BCUT2D eigenvalue weighted by molar-refractivity contribution is -0.0598. The van der Waals surface area contributed by atoms with Gasteiger partial charge in [0.05, 0.1) is 18.3 Å². The molecule has 0 saturated carbocycles. The lowest BCUT2D eigenvalue weighted by Gasteiger charge is -2.35. The number of hydrogen-bond donors (Lipinski definition) is 3. The van der Waals surface area contributed by atoms with Crippen LogP contribution in [-0.4, -0.2) is 33.6 Å². The third-order valence-electron chi connectivity index (χ3n) is 2.96. The van der Waals surface area contributed by atoms with Gasteiger partial charge in [0.1, 0.15) is 0 Å². The Labute approximate surface area is 78.7 Å². The molecule has 0 aromatic rings. The predicted octanol–water partition coefficient (Wildman–Crippen LogP) is 0.447. The van der Waals surface area contributed by atoms with E-state index in [0.29, 0.717) is 6.42 Å². The van der Waals surface area contributed by atoms with Crippen molar-refractivity contribution in [2.24, 2.45) is 5.92 Å². The molecular weight excluding hydrogens is 168 g/mol. The highest BCUT2D eigenvalue weighted by Crippen LogP contribution is 2.31. The smallest absolute Gasteiger partial charge is 0.0881 e. The molecule has 3 unspecified atom stereocenters. The van der Waals surface area contributed by atoms with Gasteiger partial charge in [-0.15, -0.1) is 0 Å². The van der Waals surface area contributed by atoms with E-state index in [4.69, 9.17) is 5.11 Å². The van der Waals surface area contributed by atoms with Crippen molar-refractivity contribution in [3.63, 3.8) is 0 Å². The maximum Gasteiger partial charge on any atom is 0.0881 e. The summed E-state index contributed by atoms with van der Waals surface area (Å²) in [6, 6.07) is 0. The van der Waals surface area contributed by atoms with Gasteiger partial charge in [-0.05, 0) is 38.2 Å². The van der Waals surface area contributed by atoms with Crippen molar-refractivity contribution in [2.45, 2.75) is 38.4 Å². The Morgan fingerprint density at radius 1 is 1.62 bits per heavy atom. The van der Waals surface area contributed by atoms with Crippen LogP contribution in [0, 0.1) is 5.92 Å². The quantitative estimate of drug-likeness (QED) is 0.549. The molecule has 0 bridgehead atoms. The Morgan fingerprint density at radius 2 is 2.23 bits per heavy atom. The molecule has 0 aromatic carbocycles. The molecule has 3 nitrogen and oxygen atoms in total. The molecule has 1 aliphatic carbocycles. The van der Waals surface area contributed by atoms with Gasteiger partial charge in [0, 0.05) is 0 Å². The zero-order valence-corrected chi connectivity index (χ0v) is 8.20. The van der Waals surface area contributed by atoms with Crippen LogP contribution in [0.3, 0.4) is 0 Å². The molecule has 0 heterocycles. The molecule has 0 radical (unpaired) electrons. The summed E-state index contributed by atoms with van der Waals surface area (Å²) in [6.07, 6.45) is 2.74. The normalized spacial score (nSPS) is 33.8. The largest absolute Gasteiger partial charge is 0.393 e. The summed E-state index contributed by atoms with van der Waals surface area (Å²) in [5.74, 6) is -0.0452. The maximum absolute atomic E-state index is 9.76. The van der Waals surface area contributed by atoms with Crippen molar-refractivity contribution in [3.8, 4) is 0 Å². The Bertz CT molecular complexity index is 208. The Morgan fingerprint density at radius 3 is 2.69 bits per heavy atom. The molecule has 3 N–H and O–H groups in total. The second-order valence-electron chi connectivity index (χ2n) is 4.15. The molecule has 0 spiro atoms. The molecule has 76 valence electrons. The van der Waals surface area contributed by atoms with E-state index in [1.54, 1.807) is 6.92 Å². The lowest BCUT2D eigenvalue weighted by atomic mass is 9.78. The summed E-state index contributed by atoms with van der Waals surface area (Å²) < 4.78 is 0. The fourth-order valence-electron chi connectivity index (χ4n) is 1.65. The minimum atomic E-state index is -1.07. The van der Waals surface area contributed by atoms with Gasteiger partial charge in [0.2, 0.25) is 0 Å². The van der Waals surface area contributed by atoms with Gasteiger partial charge in [-0.2, -0.15) is 0 Å². The van der Waals surface area contributed by atoms with Gasteiger partial charge in [-0.1, -0.05) is 6.08 Å². The summed E-state index contributed by atoms with van der Waals surface area (Å²) in [5.41, 5.74) is -0.108. The van der Waals surface area contributed by atoms with E-state index in [1.807, 2.05) is 13.0 Å². The first-order valence-corrected chi connectivity index (χ1v) is 4.65. The molecule has 1 rings (SSSR count). The minimum Gasteiger partial charge on any atom is -0.393 e. The maximum atomic E-state index is 9.76. The fourth-order valence-corrected chi connectivity index (χ4v) is 1.65. The van der Waals surface area contributed by atoms with Crippen molar-refractivity contribution in [3.05, 3.63) is 11.6 Å². The number of rotatable bonds is 2. The number of aliphatic hydroxyl groups is 3. The van der Waals surface area contributed by atoms with Gasteiger partial charge in [-0.3, -0.25) is 0 Å². The molecule has 3 heteroatoms. The highest BCUT2D eigenvalue weighted by molar-refractivity contribution is 5.11. The van der Waals surface area contributed by atoms with Gasteiger partial charge in [-0.25, -0.2) is 0 Å². The van der Waals surface area contributed by atoms with E-state index < -0.39 is 11.7 Å². The van der Waals surface area contributed by atoms with Gasteiger partial charge < -0.3 is 15.3 Å². The second-order valence-corrected chi connectivity index (χ2v) is 4.15. The monoisotopic (exact) mass is 186 g/mol. The van der Waals surface area contributed by atoms with E-state index in [1.165, 1.54) is 0 Å². The van der Waals surface area contributed by atoms with Crippen molar-refractivity contribution >= 4 is 0 Å². The zero-order valence-electron chi connectivity index (χ0n) is 8.20. The average molecular weight is 186 g/mol. The lowest BCUT2D eigenvalue weighted by Crippen LogP contribution is -2.41. The highest BCUT2D eigenvalue weighted by Gasteiger charge is 2.34. The topological polar surface area (TPSA) is 60.7 Å². The van der Waals surface area contributed by atoms with E-state index in [0.717, 1.165) is 12.0 Å². The van der Waals surface area contributed by atoms with E-state index >= 15 is 0 Å². The summed E-state index contributed by atoms with van der Waals surface area (Å²) in [7, 11) is 0.